The van der Waals surface area contributed by atoms with E-state index >= 15 is 0 Å². The van der Waals surface area contributed by atoms with Gasteiger partial charge in [-0.1, -0.05) is 45.5 Å². The van der Waals surface area contributed by atoms with Crippen molar-refractivity contribution in [3.8, 4) is 23.1 Å². The number of aromatic nitrogens is 2. The molecule has 0 saturated heterocycles. The Balaban J connectivity index is 0.000000317. The molecule has 0 aliphatic carbocycles. The van der Waals surface area contributed by atoms with Gasteiger partial charge < -0.3 is 14.4 Å². The fourth-order valence-corrected chi connectivity index (χ4v) is 3.30. The topological polar surface area (TPSA) is 81.6 Å². The normalized spacial score (nSPS) is 11.1. The number of ether oxygens (including phenoxy) is 2. The van der Waals surface area contributed by atoms with Gasteiger partial charge in [0.1, 0.15) is 17.2 Å². The zero-order valence-corrected chi connectivity index (χ0v) is 22.6. The molecule has 3 rings (SSSR count). The van der Waals surface area contributed by atoms with Crippen molar-refractivity contribution in [3.05, 3.63) is 84.8 Å². The van der Waals surface area contributed by atoms with Gasteiger partial charge in [-0.25, -0.2) is 9.97 Å². The molecule has 1 heterocycles. The van der Waals surface area contributed by atoms with E-state index in [4.69, 9.17) is 9.47 Å². The highest BCUT2D eigenvalue weighted by molar-refractivity contribution is 5.94. The highest BCUT2D eigenvalue weighted by Crippen LogP contribution is 2.27. The highest BCUT2D eigenvalue weighted by atomic mass is 16.5. The van der Waals surface area contributed by atoms with Crippen molar-refractivity contribution in [1.29, 1.82) is 0 Å². The molecule has 1 atom stereocenters. The van der Waals surface area contributed by atoms with Crippen molar-refractivity contribution >= 4 is 11.7 Å². The molecule has 7 nitrogen and oxygen atoms in total. The molecule has 0 spiro atoms. The van der Waals surface area contributed by atoms with E-state index in [0.717, 1.165) is 18.7 Å². The minimum atomic E-state index is -0.193. The summed E-state index contributed by atoms with van der Waals surface area (Å²) in [6.07, 6.45) is 3.93. The van der Waals surface area contributed by atoms with Gasteiger partial charge in [0.05, 0.1) is 5.69 Å². The molecule has 0 fully saturated rings. The number of benzene rings is 2. The van der Waals surface area contributed by atoms with E-state index in [0.29, 0.717) is 29.2 Å². The first kappa shape index (κ1) is 29.2. The molecule has 1 aromatic heterocycles. The minimum Gasteiger partial charge on any atom is -0.457 e. The summed E-state index contributed by atoms with van der Waals surface area (Å²) < 4.78 is 11.4. The van der Waals surface area contributed by atoms with Crippen LogP contribution in [0.1, 0.15) is 57.2 Å². The first-order valence-electron chi connectivity index (χ1n) is 12.4. The van der Waals surface area contributed by atoms with Crippen LogP contribution in [0.3, 0.4) is 0 Å². The van der Waals surface area contributed by atoms with Crippen LogP contribution in [0.4, 0.5) is 0 Å². The molecule has 0 unspecified atom stereocenters. The van der Waals surface area contributed by atoms with Crippen molar-refractivity contribution < 1.29 is 19.1 Å². The van der Waals surface area contributed by atoms with E-state index in [2.05, 4.69) is 44.2 Å². The average molecular weight is 504 g/mol. The molecule has 37 heavy (non-hydrogen) atoms. The second-order valence-corrected chi connectivity index (χ2v) is 9.06. The summed E-state index contributed by atoms with van der Waals surface area (Å²) in [4.78, 5) is 33.3. The van der Waals surface area contributed by atoms with Gasteiger partial charge in [0.15, 0.2) is 11.5 Å². The van der Waals surface area contributed by atoms with Crippen LogP contribution >= 0.6 is 0 Å². The lowest BCUT2D eigenvalue weighted by Crippen LogP contribution is -2.39. The summed E-state index contributed by atoms with van der Waals surface area (Å²) in [5.41, 5.74) is 0.893. The number of hydrogen-bond acceptors (Lipinski definition) is 6. The van der Waals surface area contributed by atoms with Gasteiger partial charge in [0.25, 0.3) is 0 Å². The first-order valence-corrected chi connectivity index (χ1v) is 12.4. The summed E-state index contributed by atoms with van der Waals surface area (Å²) in [6, 6.07) is 16.9. The molecule has 0 saturated carbocycles. The zero-order chi connectivity index (χ0) is 27.4. The van der Waals surface area contributed by atoms with Crippen molar-refractivity contribution in [1.82, 2.24) is 14.9 Å². The first-order chi connectivity index (χ1) is 17.6. The number of para-hydroxylation sites is 1. The highest BCUT2D eigenvalue weighted by Gasteiger charge is 2.17. The second-order valence-electron chi connectivity index (χ2n) is 9.06. The van der Waals surface area contributed by atoms with E-state index in [-0.39, 0.29) is 23.3 Å². The van der Waals surface area contributed by atoms with Gasteiger partial charge in [0, 0.05) is 25.7 Å². The van der Waals surface area contributed by atoms with Crippen LogP contribution in [-0.2, 0) is 4.79 Å². The number of rotatable bonds is 10. The van der Waals surface area contributed by atoms with E-state index < -0.39 is 0 Å². The van der Waals surface area contributed by atoms with Crippen LogP contribution in [0.2, 0.25) is 0 Å². The molecular formula is C30H37N3O4. The van der Waals surface area contributed by atoms with Crippen molar-refractivity contribution in [2.45, 2.75) is 54.0 Å². The summed E-state index contributed by atoms with van der Waals surface area (Å²) in [5, 5.41) is 0. The number of nitrogens with zero attached hydrogens (tertiary/aromatic N) is 3. The summed E-state index contributed by atoms with van der Waals surface area (Å²) in [7, 11) is 0. The Hall–Kier alpha value is -4.00. The van der Waals surface area contributed by atoms with Gasteiger partial charge in [-0.05, 0) is 68.7 Å². The number of ketones is 1. The molecule has 0 N–H and O–H groups in total. The van der Waals surface area contributed by atoms with E-state index in [1.807, 2.05) is 35.2 Å². The number of aryl methyl sites for hydroxylation is 1. The molecule has 3 aromatic rings. The Morgan fingerprint density at radius 2 is 1.54 bits per heavy atom. The van der Waals surface area contributed by atoms with Crippen LogP contribution in [-0.4, -0.2) is 39.1 Å². The van der Waals surface area contributed by atoms with Gasteiger partial charge in [-0.15, -0.1) is 0 Å². The van der Waals surface area contributed by atoms with E-state index in [1.54, 1.807) is 37.4 Å². The Morgan fingerprint density at radius 3 is 2.05 bits per heavy atom. The van der Waals surface area contributed by atoms with Gasteiger partial charge in [0.2, 0.25) is 11.8 Å². The molecule has 0 aliphatic heterocycles. The van der Waals surface area contributed by atoms with Crippen molar-refractivity contribution in [2.75, 3.05) is 6.54 Å². The van der Waals surface area contributed by atoms with Crippen molar-refractivity contribution in [3.63, 3.8) is 0 Å². The number of hydrogen-bond donors (Lipinski definition) is 0. The third-order valence-electron chi connectivity index (χ3n) is 5.35. The summed E-state index contributed by atoms with van der Waals surface area (Å²) >= 11 is 0. The van der Waals surface area contributed by atoms with Crippen LogP contribution < -0.4 is 9.47 Å². The predicted octanol–water partition coefficient (Wildman–Crippen LogP) is 7.03. The molecule has 2 aromatic carbocycles. The summed E-state index contributed by atoms with van der Waals surface area (Å²) in [5.74, 6) is 2.57. The Bertz CT molecular complexity index is 1160. The molecule has 0 radical (unpaired) electrons. The van der Waals surface area contributed by atoms with Gasteiger partial charge in [-0.3, -0.25) is 9.59 Å². The maximum absolute atomic E-state index is 11.6. The standard InChI is InChI=1S/C19H16N2O3.C11H21NO/c1-13-12-20-18(14(2)22)19(21-13)24-17-10-8-16(9-11-17)23-15-6-4-3-5-7-15;1-6-10(5)12(8-9(3)4)11(13)7-2/h3-12H,1-2H3;7,9-10H,2,6,8H2,1,3-5H3/t;10-/m.0/s1. The van der Waals surface area contributed by atoms with Gasteiger partial charge in [-0.2, -0.15) is 0 Å². The SMILES string of the molecule is C=CC(=O)N(CC(C)C)[C@@H](C)CC.CC(=O)c1ncc(C)nc1Oc1ccc(Oc2ccccc2)cc1. The lowest BCUT2D eigenvalue weighted by atomic mass is 10.1. The Kier molecular flexibility index (Phi) is 11.5. The van der Waals surface area contributed by atoms with Gasteiger partial charge >= 0.3 is 0 Å². The van der Waals surface area contributed by atoms with Crippen LogP contribution in [0.25, 0.3) is 0 Å². The maximum Gasteiger partial charge on any atom is 0.249 e. The van der Waals surface area contributed by atoms with Crippen LogP contribution in [0.5, 0.6) is 23.1 Å². The van der Waals surface area contributed by atoms with E-state index in [9.17, 15) is 9.59 Å². The fraction of sp³-hybridized carbons (Fsp3) is 0.333. The maximum atomic E-state index is 11.6. The van der Waals surface area contributed by atoms with Crippen molar-refractivity contribution in [2.24, 2.45) is 5.92 Å². The molecule has 1 amide bonds. The second kappa shape index (κ2) is 14.5. The zero-order valence-electron chi connectivity index (χ0n) is 22.6. The third kappa shape index (κ3) is 9.52. The largest absolute Gasteiger partial charge is 0.457 e. The monoisotopic (exact) mass is 503 g/mol. The number of carbonyl (C=O) groups excluding carboxylic acids is 2. The Morgan fingerprint density at radius 1 is 0.973 bits per heavy atom. The predicted molar refractivity (Wildman–Crippen MR) is 146 cm³/mol. The number of amides is 1. The number of carbonyl (C=O) groups is 2. The molecular weight excluding hydrogens is 466 g/mol. The summed E-state index contributed by atoms with van der Waals surface area (Å²) in [6.45, 7) is 16.0. The Labute approximate surface area is 220 Å². The third-order valence-corrected chi connectivity index (χ3v) is 5.35. The fourth-order valence-electron chi connectivity index (χ4n) is 3.30. The lowest BCUT2D eigenvalue weighted by molar-refractivity contribution is -0.128. The van der Waals surface area contributed by atoms with Crippen LogP contribution in [0.15, 0.2) is 73.4 Å². The smallest absolute Gasteiger partial charge is 0.249 e. The molecule has 0 aliphatic rings. The van der Waals surface area contributed by atoms with Crippen LogP contribution in [0, 0.1) is 12.8 Å². The minimum absolute atomic E-state index is 0.0445. The lowest BCUT2D eigenvalue weighted by Gasteiger charge is -2.29. The molecule has 0 bridgehead atoms. The quantitative estimate of drug-likeness (QED) is 0.218. The molecule has 7 heteroatoms. The number of Topliss-reactive ketones (excluding diaryl/α,β-unsaturated/α-hetero) is 1. The molecule has 196 valence electrons. The average Bonchev–Trinajstić information content (AvgIpc) is 2.88. The van der Waals surface area contributed by atoms with E-state index in [1.165, 1.54) is 13.0 Å².